The van der Waals surface area contributed by atoms with Crippen molar-refractivity contribution in [2.24, 2.45) is 0 Å². The molecule has 1 aliphatic heterocycles. The Morgan fingerprint density at radius 3 is 2.57 bits per heavy atom. The van der Waals surface area contributed by atoms with Gasteiger partial charge in [-0.05, 0) is 37.6 Å². The van der Waals surface area contributed by atoms with Gasteiger partial charge in [0.25, 0.3) is 11.8 Å². The predicted octanol–water partition coefficient (Wildman–Crippen LogP) is 3.64. The Morgan fingerprint density at radius 1 is 1.14 bits per heavy atom. The van der Waals surface area contributed by atoms with Crippen LogP contribution in [0.2, 0.25) is 0 Å². The highest BCUT2D eigenvalue weighted by Crippen LogP contribution is 2.38. The maximum absolute atomic E-state index is 13.2. The SMILES string of the molecule is Cc1cc(C)c2c(NC(=O)c3ccccc3)c(C(=O)N3CCOCC3)sc2n1. The number of rotatable bonds is 3. The van der Waals surface area contributed by atoms with E-state index in [2.05, 4.69) is 10.3 Å². The number of thiophene rings is 1. The van der Waals surface area contributed by atoms with Crippen LogP contribution in [0.1, 0.15) is 31.3 Å². The van der Waals surface area contributed by atoms with Gasteiger partial charge >= 0.3 is 0 Å². The van der Waals surface area contributed by atoms with Crippen molar-refractivity contribution >= 4 is 39.1 Å². The van der Waals surface area contributed by atoms with Gasteiger partial charge in [0.05, 0.1) is 18.9 Å². The molecular weight excluding hydrogens is 374 g/mol. The molecule has 3 aromatic rings. The van der Waals surface area contributed by atoms with Crippen molar-refractivity contribution in [1.82, 2.24) is 9.88 Å². The molecule has 1 aromatic carbocycles. The van der Waals surface area contributed by atoms with E-state index < -0.39 is 0 Å². The third-order valence-electron chi connectivity index (χ3n) is 4.75. The summed E-state index contributed by atoms with van der Waals surface area (Å²) in [4.78, 5) is 33.7. The molecule has 3 heterocycles. The van der Waals surface area contributed by atoms with Crippen LogP contribution in [0.4, 0.5) is 5.69 Å². The smallest absolute Gasteiger partial charge is 0.266 e. The first-order valence-corrected chi connectivity index (χ1v) is 10.0. The van der Waals surface area contributed by atoms with Gasteiger partial charge in [0, 0.05) is 29.7 Å². The van der Waals surface area contributed by atoms with E-state index in [1.165, 1.54) is 11.3 Å². The number of hydrogen-bond donors (Lipinski definition) is 1. The average Bonchev–Trinajstić information content (AvgIpc) is 3.07. The van der Waals surface area contributed by atoms with E-state index in [0.29, 0.717) is 42.4 Å². The number of amides is 2. The molecule has 1 aliphatic rings. The van der Waals surface area contributed by atoms with Gasteiger partial charge in [-0.2, -0.15) is 0 Å². The topological polar surface area (TPSA) is 71.5 Å². The first-order chi connectivity index (χ1) is 13.5. The van der Waals surface area contributed by atoms with Crippen LogP contribution in [0.25, 0.3) is 10.2 Å². The summed E-state index contributed by atoms with van der Waals surface area (Å²) >= 11 is 1.33. The van der Waals surface area contributed by atoms with Crippen LogP contribution in [0.5, 0.6) is 0 Å². The van der Waals surface area contributed by atoms with Gasteiger partial charge in [0.15, 0.2) is 0 Å². The maximum atomic E-state index is 13.2. The number of ether oxygens (including phenoxy) is 1. The number of hydrogen-bond acceptors (Lipinski definition) is 5. The predicted molar refractivity (Wildman–Crippen MR) is 110 cm³/mol. The Morgan fingerprint density at radius 2 is 1.86 bits per heavy atom. The van der Waals surface area contributed by atoms with E-state index >= 15 is 0 Å². The minimum atomic E-state index is -0.240. The Kier molecular flexibility index (Phi) is 5.11. The van der Waals surface area contributed by atoms with E-state index in [9.17, 15) is 9.59 Å². The fraction of sp³-hybridized carbons (Fsp3) is 0.286. The van der Waals surface area contributed by atoms with Crippen molar-refractivity contribution in [3.8, 4) is 0 Å². The number of aryl methyl sites for hydroxylation is 2. The molecule has 0 spiro atoms. The summed E-state index contributed by atoms with van der Waals surface area (Å²) in [6, 6.07) is 11.0. The normalized spacial score (nSPS) is 14.3. The summed E-state index contributed by atoms with van der Waals surface area (Å²) < 4.78 is 5.36. The molecule has 0 atom stereocenters. The number of fused-ring (bicyclic) bond motifs is 1. The number of morpholine rings is 1. The van der Waals surface area contributed by atoms with Crippen molar-refractivity contribution in [3.63, 3.8) is 0 Å². The number of pyridine rings is 1. The Bertz CT molecular complexity index is 1040. The fourth-order valence-corrected chi connectivity index (χ4v) is 4.62. The third-order valence-corrected chi connectivity index (χ3v) is 5.83. The number of aromatic nitrogens is 1. The number of carbonyl (C=O) groups is 2. The van der Waals surface area contributed by atoms with Crippen LogP contribution in [0, 0.1) is 13.8 Å². The zero-order valence-corrected chi connectivity index (χ0v) is 16.6. The Hall–Kier alpha value is -2.77. The van der Waals surface area contributed by atoms with Gasteiger partial charge in [0.1, 0.15) is 9.71 Å². The number of carbonyl (C=O) groups excluding carboxylic acids is 2. The fourth-order valence-electron chi connectivity index (χ4n) is 3.40. The lowest BCUT2D eigenvalue weighted by Gasteiger charge is -2.26. The van der Waals surface area contributed by atoms with Crippen LogP contribution in [-0.4, -0.2) is 48.0 Å². The zero-order valence-electron chi connectivity index (χ0n) is 15.8. The second-order valence-electron chi connectivity index (χ2n) is 6.79. The van der Waals surface area contributed by atoms with Gasteiger partial charge in [0.2, 0.25) is 0 Å². The standard InChI is InChI=1S/C21H21N3O3S/c1-13-12-14(2)22-20-16(13)17(23-19(25)15-6-4-3-5-7-15)18(28-20)21(26)24-8-10-27-11-9-24/h3-7,12H,8-11H2,1-2H3,(H,23,25). The van der Waals surface area contributed by atoms with Crippen molar-refractivity contribution < 1.29 is 14.3 Å². The largest absolute Gasteiger partial charge is 0.378 e. The van der Waals surface area contributed by atoms with E-state index in [1.807, 2.05) is 38.1 Å². The van der Waals surface area contributed by atoms with E-state index in [0.717, 1.165) is 21.5 Å². The minimum absolute atomic E-state index is 0.0910. The number of anilines is 1. The van der Waals surface area contributed by atoms with Crippen LogP contribution in [0.15, 0.2) is 36.4 Å². The molecule has 144 valence electrons. The summed E-state index contributed by atoms with van der Waals surface area (Å²) in [6.45, 7) is 6.05. The lowest BCUT2D eigenvalue weighted by Crippen LogP contribution is -2.40. The van der Waals surface area contributed by atoms with E-state index in [4.69, 9.17) is 4.74 Å². The molecule has 2 amide bonds. The third kappa shape index (κ3) is 3.50. The molecule has 1 saturated heterocycles. The molecule has 7 heteroatoms. The molecule has 0 bridgehead atoms. The second-order valence-corrected chi connectivity index (χ2v) is 7.79. The summed E-state index contributed by atoms with van der Waals surface area (Å²) in [5.41, 5.74) is 2.97. The molecule has 0 aliphatic carbocycles. The van der Waals surface area contributed by atoms with Crippen molar-refractivity contribution in [3.05, 3.63) is 58.1 Å². The van der Waals surface area contributed by atoms with Gasteiger partial charge in [-0.25, -0.2) is 4.98 Å². The highest BCUT2D eigenvalue weighted by Gasteiger charge is 2.27. The molecule has 1 fully saturated rings. The number of benzene rings is 1. The number of nitrogens with one attached hydrogen (secondary N) is 1. The minimum Gasteiger partial charge on any atom is -0.378 e. The molecule has 0 radical (unpaired) electrons. The molecule has 4 rings (SSSR count). The molecule has 2 aromatic heterocycles. The summed E-state index contributed by atoms with van der Waals surface area (Å²) in [6.07, 6.45) is 0. The molecular formula is C21H21N3O3S. The van der Waals surface area contributed by atoms with Gasteiger partial charge < -0.3 is 15.0 Å². The lowest BCUT2D eigenvalue weighted by molar-refractivity contribution is 0.0307. The van der Waals surface area contributed by atoms with Crippen molar-refractivity contribution in [2.75, 3.05) is 31.6 Å². The lowest BCUT2D eigenvalue weighted by atomic mass is 10.1. The van der Waals surface area contributed by atoms with Crippen molar-refractivity contribution in [2.45, 2.75) is 13.8 Å². The molecule has 6 nitrogen and oxygen atoms in total. The first-order valence-electron chi connectivity index (χ1n) is 9.19. The van der Waals surface area contributed by atoms with E-state index in [-0.39, 0.29) is 11.8 Å². The average molecular weight is 395 g/mol. The highest BCUT2D eigenvalue weighted by atomic mass is 32.1. The number of nitrogens with zero attached hydrogens (tertiary/aromatic N) is 2. The zero-order chi connectivity index (χ0) is 19.7. The van der Waals surface area contributed by atoms with E-state index in [1.54, 1.807) is 17.0 Å². The molecule has 28 heavy (non-hydrogen) atoms. The van der Waals surface area contributed by atoms with Crippen LogP contribution in [0.3, 0.4) is 0 Å². The van der Waals surface area contributed by atoms with Gasteiger partial charge in [-0.15, -0.1) is 11.3 Å². The van der Waals surface area contributed by atoms with Gasteiger partial charge in [-0.3, -0.25) is 9.59 Å². The molecule has 1 N–H and O–H groups in total. The monoisotopic (exact) mass is 395 g/mol. The maximum Gasteiger partial charge on any atom is 0.266 e. The summed E-state index contributed by atoms with van der Waals surface area (Å²) in [5.74, 6) is -0.331. The Labute approximate surface area is 167 Å². The van der Waals surface area contributed by atoms with Crippen LogP contribution < -0.4 is 5.32 Å². The first kappa shape index (κ1) is 18.6. The molecule has 0 unspecified atom stereocenters. The van der Waals surface area contributed by atoms with Crippen molar-refractivity contribution in [1.29, 1.82) is 0 Å². The quantitative estimate of drug-likeness (QED) is 0.735. The molecule has 0 saturated carbocycles. The highest BCUT2D eigenvalue weighted by molar-refractivity contribution is 7.21. The van der Waals surface area contributed by atoms with Crippen LogP contribution >= 0.6 is 11.3 Å². The summed E-state index contributed by atoms with van der Waals surface area (Å²) in [7, 11) is 0. The van der Waals surface area contributed by atoms with Crippen LogP contribution in [-0.2, 0) is 4.74 Å². The summed E-state index contributed by atoms with van der Waals surface area (Å²) in [5, 5.41) is 3.81. The van der Waals surface area contributed by atoms with Gasteiger partial charge in [-0.1, -0.05) is 18.2 Å². The second kappa shape index (κ2) is 7.69. The Balaban J connectivity index is 1.79.